The number of hydrogen-bond acceptors (Lipinski definition) is 3. The van der Waals surface area contributed by atoms with Crippen molar-refractivity contribution in [2.24, 2.45) is 0 Å². The van der Waals surface area contributed by atoms with E-state index in [4.69, 9.17) is 0 Å². The van der Waals surface area contributed by atoms with E-state index in [0.717, 1.165) is 32.0 Å². The molecule has 6 nitrogen and oxygen atoms in total. The molecule has 0 atom stereocenters. The Kier molecular flexibility index (Phi) is 5.53. The van der Waals surface area contributed by atoms with Crippen LogP contribution in [0.1, 0.15) is 28.8 Å². The first-order valence-electron chi connectivity index (χ1n) is 8.71. The number of alkyl halides is 3. The van der Waals surface area contributed by atoms with Gasteiger partial charge in [-0.25, -0.2) is 0 Å². The van der Waals surface area contributed by atoms with Crippen LogP contribution in [0, 0.1) is 0 Å². The molecule has 148 valence electrons. The number of benzene rings is 1. The predicted octanol–water partition coefficient (Wildman–Crippen LogP) is 2.74. The van der Waals surface area contributed by atoms with Crippen molar-refractivity contribution < 1.29 is 22.8 Å². The lowest BCUT2D eigenvalue weighted by Crippen LogP contribution is -2.28. The second kappa shape index (κ2) is 7.87. The zero-order valence-electron chi connectivity index (χ0n) is 14.8. The summed E-state index contributed by atoms with van der Waals surface area (Å²) in [6.07, 6.45) is -2.03. The van der Waals surface area contributed by atoms with E-state index in [2.05, 4.69) is 5.32 Å². The normalized spacial score (nSPS) is 14.2. The fraction of sp³-hybridized carbons (Fsp3) is 0.316. The molecule has 0 bridgehead atoms. The molecular formula is C19H18F3N3O3. The number of halogens is 3. The standard InChI is InChI=1S/C19H18F3N3O3/c20-19(21,22)14-5-8-17(27)25(11-14)12-16(26)23-15-6-3-13(4-7-15)18(28)24-9-1-2-10-24/h3-8,11H,1-2,9-10,12H2,(H,23,26). The minimum atomic E-state index is -4.61. The lowest BCUT2D eigenvalue weighted by molar-refractivity contribution is -0.138. The van der Waals surface area contributed by atoms with Crippen LogP contribution in [-0.2, 0) is 17.5 Å². The third-order valence-electron chi connectivity index (χ3n) is 4.43. The van der Waals surface area contributed by atoms with Crippen LogP contribution in [0.4, 0.5) is 18.9 Å². The molecule has 1 saturated heterocycles. The summed E-state index contributed by atoms with van der Waals surface area (Å²) in [5.74, 6) is -0.731. The maximum Gasteiger partial charge on any atom is 0.417 e. The van der Waals surface area contributed by atoms with Crippen molar-refractivity contribution >= 4 is 17.5 Å². The van der Waals surface area contributed by atoms with E-state index in [1.165, 1.54) is 12.1 Å². The molecule has 2 aromatic rings. The Morgan fingerprint density at radius 3 is 2.25 bits per heavy atom. The van der Waals surface area contributed by atoms with E-state index in [9.17, 15) is 27.6 Å². The van der Waals surface area contributed by atoms with Crippen molar-refractivity contribution in [1.82, 2.24) is 9.47 Å². The monoisotopic (exact) mass is 393 g/mol. The maximum absolute atomic E-state index is 12.8. The van der Waals surface area contributed by atoms with Gasteiger partial charge in [-0.3, -0.25) is 14.4 Å². The van der Waals surface area contributed by atoms with Crippen molar-refractivity contribution in [1.29, 1.82) is 0 Å². The molecule has 28 heavy (non-hydrogen) atoms. The van der Waals surface area contributed by atoms with Crippen molar-refractivity contribution in [2.45, 2.75) is 25.6 Å². The van der Waals surface area contributed by atoms with Gasteiger partial charge in [0.15, 0.2) is 0 Å². The number of aromatic nitrogens is 1. The summed E-state index contributed by atoms with van der Waals surface area (Å²) in [5.41, 5.74) is -0.851. The molecule has 1 aromatic carbocycles. The van der Waals surface area contributed by atoms with Crippen molar-refractivity contribution in [3.63, 3.8) is 0 Å². The lowest BCUT2D eigenvalue weighted by Gasteiger charge is -2.15. The molecule has 9 heteroatoms. The maximum atomic E-state index is 12.8. The Morgan fingerprint density at radius 1 is 1.00 bits per heavy atom. The quantitative estimate of drug-likeness (QED) is 0.868. The lowest BCUT2D eigenvalue weighted by atomic mass is 10.2. The highest BCUT2D eigenvalue weighted by atomic mass is 19.4. The van der Waals surface area contributed by atoms with Gasteiger partial charge in [-0.05, 0) is 43.2 Å². The topological polar surface area (TPSA) is 71.4 Å². The van der Waals surface area contributed by atoms with E-state index in [1.807, 2.05) is 0 Å². The van der Waals surface area contributed by atoms with Gasteiger partial charge >= 0.3 is 6.18 Å². The Bertz CT molecular complexity index is 930. The highest BCUT2D eigenvalue weighted by Crippen LogP contribution is 2.28. The van der Waals surface area contributed by atoms with E-state index in [1.54, 1.807) is 17.0 Å². The van der Waals surface area contributed by atoms with Crippen molar-refractivity contribution in [2.75, 3.05) is 18.4 Å². The van der Waals surface area contributed by atoms with Crippen LogP contribution in [0.5, 0.6) is 0 Å². The predicted molar refractivity (Wildman–Crippen MR) is 95.9 cm³/mol. The third-order valence-corrected chi connectivity index (χ3v) is 4.43. The van der Waals surface area contributed by atoms with Crippen molar-refractivity contribution in [3.8, 4) is 0 Å². The van der Waals surface area contributed by atoms with Gasteiger partial charge in [0.1, 0.15) is 6.54 Å². The van der Waals surface area contributed by atoms with Gasteiger partial charge in [-0.2, -0.15) is 13.2 Å². The number of carbonyl (C=O) groups excluding carboxylic acids is 2. The molecule has 1 N–H and O–H groups in total. The van der Waals surface area contributed by atoms with Crippen LogP contribution < -0.4 is 10.9 Å². The van der Waals surface area contributed by atoms with Gasteiger partial charge in [0, 0.05) is 36.6 Å². The Balaban J connectivity index is 1.65. The molecule has 0 unspecified atom stereocenters. The van der Waals surface area contributed by atoms with Gasteiger partial charge in [0.25, 0.3) is 11.5 Å². The average Bonchev–Trinajstić information content (AvgIpc) is 3.17. The summed E-state index contributed by atoms with van der Waals surface area (Å²) < 4.78 is 39.0. The Morgan fingerprint density at radius 2 is 1.64 bits per heavy atom. The summed E-state index contributed by atoms with van der Waals surface area (Å²) >= 11 is 0. The van der Waals surface area contributed by atoms with Crippen LogP contribution in [0.3, 0.4) is 0 Å². The highest BCUT2D eigenvalue weighted by Gasteiger charge is 2.31. The molecule has 2 heterocycles. The largest absolute Gasteiger partial charge is 0.417 e. The summed E-state index contributed by atoms with van der Waals surface area (Å²) in [4.78, 5) is 37.8. The number of nitrogens with zero attached hydrogens (tertiary/aromatic N) is 2. The van der Waals surface area contributed by atoms with Crippen LogP contribution in [0.2, 0.25) is 0 Å². The summed E-state index contributed by atoms with van der Waals surface area (Å²) in [5, 5.41) is 2.51. The van der Waals surface area contributed by atoms with E-state index >= 15 is 0 Å². The average molecular weight is 393 g/mol. The van der Waals surface area contributed by atoms with E-state index in [0.29, 0.717) is 28.1 Å². The minimum absolute atomic E-state index is 0.0779. The number of nitrogens with one attached hydrogen (secondary N) is 1. The van der Waals surface area contributed by atoms with E-state index < -0.39 is 29.8 Å². The molecule has 2 amide bonds. The minimum Gasteiger partial charge on any atom is -0.339 e. The number of anilines is 1. The summed E-state index contributed by atoms with van der Waals surface area (Å²) in [7, 11) is 0. The van der Waals surface area contributed by atoms with Crippen LogP contribution >= 0.6 is 0 Å². The van der Waals surface area contributed by atoms with E-state index in [-0.39, 0.29) is 5.91 Å². The van der Waals surface area contributed by atoms with Gasteiger partial charge in [-0.15, -0.1) is 0 Å². The highest BCUT2D eigenvalue weighted by molar-refractivity contribution is 5.96. The molecule has 0 radical (unpaired) electrons. The molecule has 0 saturated carbocycles. The first kappa shape index (κ1) is 19.7. The van der Waals surface area contributed by atoms with Crippen LogP contribution in [0.15, 0.2) is 47.4 Å². The van der Waals surface area contributed by atoms with Gasteiger partial charge in [0.2, 0.25) is 5.91 Å². The number of pyridine rings is 1. The van der Waals surface area contributed by atoms with Gasteiger partial charge in [0.05, 0.1) is 5.56 Å². The van der Waals surface area contributed by atoms with Crippen LogP contribution in [-0.4, -0.2) is 34.4 Å². The summed E-state index contributed by atoms with van der Waals surface area (Å²) in [6.45, 7) is 0.892. The molecule has 1 aromatic heterocycles. The number of rotatable bonds is 4. The molecule has 1 fully saturated rings. The fourth-order valence-electron chi connectivity index (χ4n) is 2.98. The zero-order valence-corrected chi connectivity index (χ0v) is 14.8. The number of carbonyl (C=O) groups is 2. The third kappa shape index (κ3) is 4.59. The fourth-order valence-corrected chi connectivity index (χ4v) is 2.98. The number of hydrogen-bond donors (Lipinski definition) is 1. The first-order valence-corrected chi connectivity index (χ1v) is 8.71. The zero-order chi connectivity index (χ0) is 20.3. The first-order chi connectivity index (χ1) is 13.2. The smallest absolute Gasteiger partial charge is 0.339 e. The molecule has 0 aliphatic carbocycles. The van der Waals surface area contributed by atoms with Crippen LogP contribution in [0.25, 0.3) is 0 Å². The summed E-state index contributed by atoms with van der Waals surface area (Å²) in [6, 6.07) is 7.67. The Hall–Kier alpha value is -3.10. The molecule has 3 rings (SSSR count). The molecule has 0 spiro atoms. The number of likely N-dealkylation sites (tertiary alicyclic amines) is 1. The molecule has 1 aliphatic heterocycles. The molecule has 1 aliphatic rings. The van der Waals surface area contributed by atoms with Gasteiger partial charge < -0.3 is 14.8 Å². The van der Waals surface area contributed by atoms with Crippen molar-refractivity contribution in [3.05, 3.63) is 64.1 Å². The second-order valence-corrected chi connectivity index (χ2v) is 6.51. The molecular weight excluding hydrogens is 375 g/mol. The SMILES string of the molecule is O=C(Cn1cc(C(F)(F)F)ccc1=O)Nc1ccc(C(=O)N2CCCC2)cc1. The van der Waals surface area contributed by atoms with Gasteiger partial charge in [-0.1, -0.05) is 0 Å². The number of amides is 2. The Labute approximate surface area is 158 Å². The second-order valence-electron chi connectivity index (χ2n) is 6.51.